The molecule has 0 bridgehead atoms. The van der Waals surface area contributed by atoms with E-state index < -0.39 is 0 Å². The largest absolute Gasteiger partial charge is 0.378 e. The van der Waals surface area contributed by atoms with Gasteiger partial charge in [0.15, 0.2) is 0 Å². The molecule has 0 radical (unpaired) electrons. The summed E-state index contributed by atoms with van der Waals surface area (Å²) >= 11 is 0. The first-order chi connectivity index (χ1) is 13.2. The van der Waals surface area contributed by atoms with E-state index in [2.05, 4.69) is 15.1 Å². The molecule has 6 heteroatoms. The number of carbonyl (C=O) groups is 2. The SMILES string of the molecule is O=C(NCC1CC(=O)N(C2CCCC2)C1)c1cccc(N2CCOCC2)c1. The van der Waals surface area contributed by atoms with E-state index >= 15 is 0 Å². The van der Waals surface area contributed by atoms with E-state index in [0.717, 1.165) is 51.4 Å². The molecule has 2 amide bonds. The van der Waals surface area contributed by atoms with E-state index in [1.165, 1.54) is 12.8 Å². The average molecular weight is 371 g/mol. The normalized spacial score (nSPS) is 23.9. The molecule has 1 unspecified atom stereocenters. The van der Waals surface area contributed by atoms with Gasteiger partial charge in [0.2, 0.25) is 5.91 Å². The molecule has 1 aromatic carbocycles. The van der Waals surface area contributed by atoms with Crippen molar-refractivity contribution < 1.29 is 14.3 Å². The van der Waals surface area contributed by atoms with Crippen molar-refractivity contribution in [2.45, 2.75) is 38.1 Å². The lowest BCUT2D eigenvalue weighted by Gasteiger charge is -2.29. The number of anilines is 1. The monoisotopic (exact) mass is 371 g/mol. The molecule has 6 nitrogen and oxygen atoms in total. The summed E-state index contributed by atoms with van der Waals surface area (Å²) in [4.78, 5) is 29.2. The van der Waals surface area contributed by atoms with Crippen molar-refractivity contribution in [3.05, 3.63) is 29.8 Å². The van der Waals surface area contributed by atoms with Gasteiger partial charge < -0.3 is 19.9 Å². The smallest absolute Gasteiger partial charge is 0.251 e. The van der Waals surface area contributed by atoms with Crippen molar-refractivity contribution in [2.24, 2.45) is 5.92 Å². The van der Waals surface area contributed by atoms with E-state index in [9.17, 15) is 9.59 Å². The third-order valence-electron chi connectivity index (χ3n) is 6.04. The predicted molar refractivity (Wildman–Crippen MR) is 104 cm³/mol. The van der Waals surface area contributed by atoms with Crippen LogP contribution in [0.2, 0.25) is 0 Å². The zero-order chi connectivity index (χ0) is 18.6. The van der Waals surface area contributed by atoms with Gasteiger partial charge in [0.05, 0.1) is 13.2 Å². The fourth-order valence-electron chi connectivity index (χ4n) is 4.52. The third kappa shape index (κ3) is 4.26. The number of morpholine rings is 1. The Balaban J connectivity index is 1.31. The molecule has 1 aliphatic carbocycles. The van der Waals surface area contributed by atoms with Gasteiger partial charge in [-0.15, -0.1) is 0 Å². The molecule has 1 atom stereocenters. The van der Waals surface area contributed by atoms with Crippen molar-refractivity contribution in [1.29, 1.82) is 0 Å². The zero-order valence-electron chi connectivity index (χ0n) is 15.9. The fourth-order valence-corrected chi connectivity index (χ4v) is 4.52. The first kappa shape index (κ1) is 18.3. The quantitative estimate of drug-likeness (QED) is 0.861. The minimum atomic E-state index is -0.0584. The molecule has 2 heterocycles. The van der Waals surface area contributed by atoms with Crippen LogP contribution in [-0.2, 0) is 9.53 Å². The molecule has 2 saturated heterocycles. The van der Waals surface area contributed by atoms with Gasteiger partial charge in [-0.25, -0.2) is 0 Å². The number of hydrogen-bond donors (Lipinski definition) is 1. The van der Waals surface area contributed by atoms with Crippen LogP contribution in [0.5, 0.6) is 0 Å². The van der Waals surface area contributed by atoms with Crippen molar-refractivity contribution in [3.8, 4) is 0 Å². The number of carbonyl (C=O) groups excluding carboxylic acids is 2. The van der Waals surface area contributed by atoms with Crippen LogP contribution in [0, 0.1) is 5.92 Å². The molecule has 0 spiro atoms. The molecule has 2 aliphatic heterocycles. The second-order valence-corrected chi connectivity index (χ2v) is 7.91. The number of hydrogen-bond acceptors (Lipinski definition) is 4. The molecule has 27 heavy (non-hydrogen) atoms. The highest BCUT2D eigenvalue weighted by Gasteiger charge is 2.35. The third-order valence-corrected chi connectivity index (χ3v) is 6.04. The van der Waals surface area contributed by atoms with Crippen LogP contribution < -0.4 is 10.2 Å². The van der Waals surface area contributed by atoms with E-state index in [1.54, 1.807) is 0 Å². The van der Waals surface area contributed by atoms with E-state index in [1.807, 2.05) is 24.3 Å². The highest BCUT2D eigenvalue weighted by atomic mass is 16.5. The summed E-state index contributed by atoms with van der Waals surface area (Å²) in [5, 5.41) is 3.04. The summed E-state index contributed by atoms with van der Waals surface area (Å²) < 4.78 is 5.40. The Morgan fingerprint density at radius 1 is 1.19 bits per heavy atom. The zero-order valence-corrected chi connectivity index (χ0v) is 15.9. The number of amides is 2. The van der Waals surface area contributed by atoms with Gasteiger partial charge in [-0.2, -0.15) is 0 Å². The van der Waals surface area contributed by atoms with Gasteiger partial charge in [0, 0.05) is 55.8 Å². The molecule has 1 aromatic rings. The van der Waals surface area contributed by atoms with Crippen LogP contribution >= 0.6 is 0 Å². The number of benzene rings is 1. The maximum atomic E-state index is 12.6. The number of rotatable bonds is 5. The summed E-state index contributed by atoms with van der Waals surface area (Å²) in [5.41, 5.74) is 1.74. The topological polar surface area (TPSA) is 61.9 Å². The maximum Gasteiger partial charge on any atom is 0.251 e. The van der Waals surface area contributed by atoms with Crippen LogP contribution in [0.4, 0.5) is 5.69 Å². The van der Waals surface area contributed by atoms with Crippen LogP contribution in [0.3, 0.4) is 0 Å². The number of nitrogens with zero attached hydrogens (tertiary/aromatic N) is 2. The molecule has 0 aromatic heterocycles. The van der Waals surface area contributed by atoms with Crippen LogP contribution in [0.25, 0.3) is 0 Å². The summed E-state index contributed by atoms with van der Waals surface area (Å²) in [7, 11) is 0. The Morgan fingerprint density at radius 3 is 2.74 bits per heavy atom. The average Bonchev–Trinajstić information content (AvgIpc) is 3.36. The van der Waals surface area contributed by atoms with Gasteiger partial charge >= 0.3 is 0 Å². The summed E-state index contributed by atoms with van der Waals surface area (Å²) in [6, 6.07) is 8.20. The van der Waals surface area contributed by atoms with Crippen LogP contribution in [-0.4, -0.2) is 62.1 Å². The van der Waals surface area contributed by atoms with Crippen molar-refractivity contribution in [1.82, 2.24) is 10.2 Å². The van der Waals surface area contributed by atoms with E-state index in [-0.39, 0.29) is 17.7 Å². The Labute approximate surface area is 160 Å². The lowest BCUT2D eigenvalue weighted by molar-refractivity contribution is -0.129. The second kappa shape index (κ2) is 8.30. The molecule has 4 rings (SSSR count). The van der Waals surface area contributed by atoms with Crippen LogP contribution in [0.15, 0.2) is 24.3 Å². The summed E-state index contributed by atoms with van der Waals surface area (Å²) in [6.45, 7) is 4.51. The Bertz CT molecular complexity index is 681. The van der Waals surface area contributed by atoms with Crippen molar-refractivity contribution >= 4 is 17.5 Å². The molecule has 3 aliphatic rings. The number of likely N-dealkylation sites (tertiary alicyclic amines) is 1. The Kier molecular flexibility index (Phi) is 5.62. The number of nitrogens with one attached hydrogen (secondary N) is 1. The molecular weight excluding hydrogens is 342 g/mol. The minimum Gasteiger partial charge on any atom is -0.378 e. The van der Waals surface area contributed by atoms with E-state index in [4.69, 9.17) is 4.74 Å². The summed E-state index contributed by atoms with van der Waals surface area (Å²) in [5.74, 6) is 0.428. The van der Waals surface area contributed by atoms with Crippen molar-refractivity contribution in [3.63, 3.8) is 0 Å². The van der Waals surface area contributed by atoms with E-state index in [0.29, 0.717) is 24.6 Å². The van der Waals surface area contributed by atoms with Crippen LogP contribution in [0.1, 0.15) is 42.5 Å². The fraction of sp³-hybridized carbons (Fsp3) is 0.619. The Hall–Kier alpha value is -2.08. The Morgan fingerprint density at radius 2 is 1.96 bits per heavy atom. The van der Waals surface area contributed by atoms with Gasteiger partial charge in [0.25, 0.3) is 5.91 Å². The molecule has 3 fully saturated rings. The lowest BCUT2D eigenvalue weighted by Crippen LogP contribution is -2.36. The molecule has 1 N–H and O–H groups in total. The van der Waals surface area contributed by atoms with Gasteiger partial charge in [-0.3, -0.25) is 9.59 Å². The lowest BCUT2D eigenvalue weighted by atomic mass is 10.1. The number of ether oxygens (including phenoxy) is 1. The predicted octanol–water partition coefficient (Wildman–Crippen LogP) is 2.04. The summed E-state index contributed by atoms with van der Waals surface area (Å²) in [6.07, 6.45) is 5.30. The highest BCUT2D eigenvalue weighted by molar-refractivity contribution is 5.95. The minimum absolute atomic E-state index is 0.0584. The standard InChI is InChI=1S/C21H29N3O3/c25-20-12-16(15-24(20)18-5-1-2-6-18)14-22-21(26)17-4-3-7-19(13-17)23-8-10-27-11-9-23/h3-4,7,13,16,18H,1-2,5-6,8-12,14-15H2,(H,22,26). The highest BCUT2D eigenvalue weighted by Crippen LogP contribution is 2.29. The van der Waals surface area contributed by atoms with Gasteiger partial charge in [0.1, 0.15) is 0 Å². The van der Waals surface area contributed by atoms with Gasteiger partial charge in [-0.05, 0) is 31.0 Å². The second-order valence-electron chi connectivity index (χ2n) is 7.91. The van der Waals surface area contributed by atoms with Gasteiger partial charge in [-0.1, -0.05) is 18.9 Å². The molecular formula is C21H29N3O3. The first-order valence-electron chi connectivity index (χ1n) is 10.2. The maximum absolute atomic E-state index is 12.6. The van der Waals surface area contributed by atoms with Crippen molar-refractivity contribution in [2.75, 3.05) is 44.3 Å². The molecule has 1 saturated carbocycles. The molecule has 146 valence electrons. The first-order valence-corrected chi connectivity index (χ1v) is 10.2.